The molecule has 2 atom stereocenters. The Labute approximate surface area is 123 Å². The van der Waals surface area contributed by atoms with Gasteiger partial charge in [0.2, 0.25) is 0 Å². The molecular weight excluding hydrogens is 268 g/mol. The Balaban J connectivity index is 2.11. The van der Waals surface area contributed by atoms with Crippen molar-refractivity contribution in [1.29, 1.82) is 0 Å². The van der Waals surface area contributed by atoms with Gasteiger partial charge in [0.15, 0.2) is 11.9 Å². The summed E-state index contributed by atoms with van der Waals surface area (Å²) in [6, 6.07) is 7.14. The van der Waals surface area contributed by atoms with E-state index in [0.717, 1.165) is 22.9 Å². The van der Waals surface area contributed by atoms with Crippen LogP contribution in [0.15, 0.2) is 30.5 Å². The summed E-state index contributed by atoms with van der Waals surface area (Å²) >= 11 is 0. The zero-order chi connectivity index (χ0) is 15.2. The molecule has 0 amide bonds. The standard InChI is InChI=1S/C16H19N2O3/c1-2-5-15(21-10-19)16(20)13(17)8-11-9-18-14-7-4-3-6-12(11)14/h3-4,6-7,9,13,15,18H,2,5,8,17H2,1H3/t13-,15?/m0/s1. The van der Waals surface area contributed by atoms with E-state index in [1.807, 2.05) is 37.4 Å². The summed E-state index contributed by atoms with van der Waals surface area (Å²) in [6.45, 7) is 3.26. The molecule has 1 aromatic carbocycles. The van der Waals surface area contributed by atoms with Crippen molar-refractivity contribution >= 4 is 23.2 Å². The van der Waals surface area contributed by atoms with Gasteiger partial charge in [-0.25, -0.2) is 4.79 Å². The normalized spacial score (nSPS) is 13.8. The molecular formula is C16H19N2O3. The fraction of sp³-hybridized carbons (Fsp3) is 0.375. The Morgan fingerprint density at radius 2 is 2.19 bits per heavy atom. The number of rotatable bonds is 8. The molecule has 111 valence electrons. The number of H-pyrrole nitrogens is 1. The van der Waals surface area contributed by atoms with Crippen LogP contribution in [0.5, 0.6) is 0 Å². The van der Waals surface area contributed by atoms with Crippen molar-refractivity contribution in [1.82, 2.24) is 4.98 Å². The Morgan fingerprint density at radius 3 is 2.90 bits per heavy atom. The van der Waals surface area contributed by atoms with Gasteiger partial charge in [0, 0.05) is 17.1 Å². The molecule has 1 unspecified atom stereocenters. The number of hydrogen-bond donors (Lipinski definition) is 2. The van der Waals surface area contributed by atoms with E-state index in [4.69, 9.17) is 10.5 Å². The minimum Gasteiger partial charge on any atom is -0.446 e. The van der Waals surface area contributed by atoms with Crippen LogP contribution >= 0.6 is 0 Å². The fourth-order valence-electron chi connectivity index (χ4n) is 2.46. The van der Waals surface area contributed by atoms with Crippen molar-refractivity contribution in [2.24, 2.45) is 5.73 Å². The molecule has 2 aromatic rings. The Kier molecular flexibility index (Phi) is 5.11. The van der Waals surface area contributed by atoms with Crippen LogP contribution in [-0.4, -0.2) is 29.4 Å². The summed E-state index contributed by atoms with van der Waals surface area (Å²) < 4.78 is 4.73. The van der Waals surface area contributed by atoms with Gasteiger partial charge in [-0.2, -0.15) is 0 Å². The minimum absolute atomic E-state index is 0.259. The molecule has 0 spiro atoms. The van der Waals surface area contributed by atoms with Gasteiger partial charge in [-0.15, -0.1) is 0 Å². The third-order valence-electron chi connectivity index (χ3n) is 3.54. The molecule has 0 saturated heterocycles. The average Bonchev–Trinajstić information content (AvgIpc) is 2.89. The molecule has 0 saturated carbocycles. The first-order valence-electron chi connectivity index (χ1n) is 7.04. The number of ether oxygens (including phenoxy) is 1. The number of para-hydroxylation sites is 1. The van der Waals surface area contributed by atoms with E-state index in [1.54, 1.807) is 0 Å². The molecule has 0 aliphatic heterocycles. The maximum absolute atomic E-state index is 12.2. The molecule has 0 bridgehead atoms. The number of Topliss-reactive ketones (excluding diaryl/α,β-unsaturated/α-hetero) is 1. The van der Waals surface area contributed by atoms with Crippen molar-refractivity contribution in [3.05, 3.63) is 36.0 Å². The number of hydrogen-bond acceptors (Lipinski definition) is 4. The van der Waals surface area contributed by atoms with Crippen LogP contribution in [0.4, 0.5) is 0 Å². The minimum atomic E-state index is -0.798. The lowest BCUT2D eigenvalue weighted by Gasteiger charge is -2.17. The highest BCUT2D eigenvalue weighted by Crippen LogP contribution is 2.19. The molecule has 5 heteroatoms. The molecule has 1 heterocycles. The smallest absolute Gasteiger partial charge is 0.418 e. The van der Waals surface area contributed by atoms with Gasteiger partial charge in [-0.1, -0.05) is 31.5 Å². The third kappa shape index (κ3) is 3.49. The second-order valence-corrected chi connectivity index (χ2v) is 5.05. The number of fused-ring (bicyclic) bond motifs is 1. The van der Waals surface area contributed by atoms with Gasteiger partial charge in [0.1, 0.15) is 0 Å². The molecule has 1 radical (unpaired) electrons. The summed E-state index contributed by atoms with van der Waals surface area (Å²) in [5.74, 6) is -0.259. The van der Waals surface area contributed by atoms with Crippen LogP contribution < -0.4 is 5.73 Å². The van der Waals surface area contributed by atoms with Crippen molar-refractivity contribution in [3.8, 4) is 0 Å². The number of nitrogens with two attached hydrogens (primary N) is 1. The summed E-state index contributed by atoms with van der Waals surface area (Å²) in [6.07, 6.45) is 2.67. The first-order valence-corrected chi connectivity index (χ1v) is 7.04. The predicted molar refractivity (Wildman–Crippen MR) is 80.5 cm³/mol. The van der Waals surface area contributed by atoms with Crippen molar-refractivity contribution in [3.63, 3.8) is 0 Å². The number of benzene rings is 1. The summed E-state index contributed by atoms with van der Waals surface area (Å²) in [5.41, 5.74) is 7.98. The number of carbonyl (C=O) groups excluding carboxylic acids is 2. The molecule has 3 N–H and O–H groups in total. The maximum Gasteiger partial charge on any atom is 0.418 e. The topological polar surface area (TPSA) is 85.2 Å². The summed E-state index contributed by atoms with van der Waals surface area (Å²) in [4.78, 5) is 25.8. The van der Waals surface area contributed by atoms with Gasteiger partial charge >= 0.3 is 6.47 Å². The lowest BCUT2D eigenvalue weighted by atomic mass is 9.97. The van der Waals surface area contributed by atoms with Gasteiger partial charge in [0.05, 0.1) is 6.04 Å². The van der Waals surface area contributed by atoms with E-state index >= 15 is 0 Å². The highest BCUT2D eigenvalue weighted by molar-refractivity contribution is 5.90. The molecule has 1 aromatic heterocycles. The molecule has 5 nitrogen and oxygen atoms in total. The fourth-order valence-corrected chi connectivity index (χ4v) is 2.46. The molecule has 21 heavy (non-hydrogen) atoms. The van der Waals surface area contributed by atoms with E-state index in [-0.39, 0.29) is 5.78 Å². The number of nitrogens with one attached hydrogen (secondary N) is 1. The first kappa shape index (κ1) is 15.3. The van der Waals surface area contributed by atoms with Gasteiger partial charge < -0.3 is 15.5 Å². The van der Waals surface area contributed by atoms with Crippen molar-refractivity contribution in [2.75, 3.05) is 0 Å². The van der Waals surface area contributed by atoms with Crippen molar-refractivity contribution < 1.29 is 14.3 Å². The number of aromatic nitrogens is 1. The Morgan fingerprint density at radius 1 is 1.43 bits per heavy atom. The summed E-state index contributed by atoms with van der Waals surface area (Å²) in [5, 5.41) is 1.05. The average molecular weight is 287 g/mol. The lowest BCUT2D eigenvalue weighted by molar-refractivity contribution is -0.128. The second-order valence-electron chi connectivity index (χ2n) is 5.05. The largest absolute Gasteiger partial charge is 0.446 e. The quantitative estimate of drug-likeness (QED) is 0.776. The highest BCUT2D eigenvalue weighted by atomic mass is 16.5. The van der Waals surface area contributed by atoms with E-state index in [9.17, 15) is 9.59 Å². The van der Waals surface area contributed by atoms with E-state index in [0.29, 0.717) is 12.8 Å². The molecule has 0 fully saturated rings. The van der Waals surface area contributed by atoms with E-state index in [2.05, 4.69) is 4.98 Å². The zero-order valence-electron chi connectivity index (χ0n) is 12.0. The van der Waals surface area contributed by atoms with Crippen molar-refractivity contribution in [2.45, 2.75) is 38.3 Å². The second kappa shape index (κ2) is 7.04. The molecule has 0 aliphatic carbocycles. The Bertz CT molecular complexity index is 621. The van der Waals surface area contributed by atoms with Crippen LogP contribution in [0.2, 0.25) is 0 Å². The number of ketones is 1. The van der Waals surface area contributed by atoms with Crippen LogP contribution in [0.3, 0.4) is 0 Å². The SMILES string of the molecule is CCCC(O[C]=O)C(=O)[C@@H](N)Cc1c[nH]c2ccccc12. The first-order chi connectivity index (χ1) is 10.2. The summed E-state index contributed by atoms with van der Waals surface area (Å²) in [7, 11) is 0. The zero-order valence-corrected chi connectivity index (χ0v) is 12.0. The van der Waals surface area contributed by atoms with Gasteiger partial charge in [-0.05, 0) is 24.5 Å². The number of carbonyl (C=O) groups is 1. The Hall–Kier alpha value is -2.14. The third-order valence-corrected chi connectivity index (χ3v) is 3.54. The highest BCUT2D eigenvalue weighted by Gasteiger charge is 2.26. The monoisotopic (exact) mass is 287 g/mol. The number of aromatic amines is 1. The van der Waals surface area contributed by atoms with Crippen LogP contribution in [0, 0.1) is 0 Å². The van der Waals surface area contributed by atoms with Crippen LogP contribution in [0.25, 0.3) is 10.9 Å². The predicted octanol–water partition coefficient (Wildman–Crippen LogP) is 1.86. The maximum atomic E-state index is 12.2. The molecule has 2 rings (SSSR count). The lowest BCUT2D eigenvalue weighted by Crippen LogP contribution is -2.41. The van der Waals surface area contributed by atoms with Crippen LogP contribution in [0.1, 0.15) is 25.3 Å². The van der Waals surface area contributed by atoms with Gasteiger partial charge in [0.25, 0.3) is 0 Å². The van der Waals surface area contributed by atoms with E-state index < -0.39 is 12.1 Å². The van der Waals surface area contributed by atoms with E-state index in [1.165, 1.54) is 6.47 Å². The van der Waals surface area contributed by atoms with Gasteiger partial charge in [-0.3, -0.25) is 4.79 Å². The molecule has 0 aliphatic rings. The van der Waals surface area contributed by atoms with Crippen LogP contribution in [-0.2, 0) is 20.7 Å².